The molecule has 0 saturated carbocycles. The van der Waals surface area contributed by atoms with Gasteiger partial charge in [-0.1, -0.05) is 0 Å². The predicted molar refractivity (Wildman–Crippen MR) is 94.1 cm³/mol. The van der Waals surface area contributed by atoms with Crippen molar-refractivity contribution in [3.63, 3.8) is 0 Å². The molecule has 1 saturated heterocycles. The Morgan fingerprint density at radius 3 is 2.44 bits per heavy atom. The summed E-state index contributed by atoms with van der Waals surface area (Å²) < 4.78 is 16.0. The van der Waals surface area contributed by atoms with Crippen LogP contribution in [0.1, 0.15) is 35.0 Å². The molecule has 0 radical (unpaired) electrons. The molecule has 1 amide bonds. The van der Waals surface area contributed by atoms with E-state index < -0.39 is 0 Å². The van der Waals surface area contributed by atoms with Crippen molar-refractivity contribution in [2.24, 2.45) is 0 Å². The van der Waals surface area contributed by atoms with Gasteiger partial charge in [-0.2, -0.15) is 0 Å². The minimum atomic E-state index is -0.159. The number of furan rings is 1. The summed E-state index contributed by atoms with van der Waals surface area (Å²) in [4.78, 5) is 15.0. The Kier molecular flexibility index (Phi) is 5.60. The summed E-state index contributed by atoms with van der Waals surface area (Å²) >= 11 is 0. The molecule has 1 fully saturated rings. The number of likely N-dealkylation sites (tertiary alicyclic amines) is 1. The predicted octanol–water partition coefficient (Wildman–Crippen LogP) is 2.86. The Morgan fingerprint density at radius 2 is 1.88 bits per heavy atom. The molecule has 1 unspecified atom stereocenters. The van der Waals surface area contributed by atoms with Crippen LogP contribution in [-0.2, 0) is 0 Å². The fraction of sp³-hybridized carbons (Fsp3) is 0.421. The molecule has 0 aliphatic carbocycles. The number of hydrogen-bond acceptors (Lipinski definition) is 5. The van der Waals surface area contributed by atoms with Gasteiger partial charge < -0.3 is 19.2 Å². The number of carbonyl (C=O) groups is 1. The first-order valence-corrected chi connectivity index (χ1v) is 8.50. The van der Waals surface area contributed by atoms with Crippen molar-refractivity contribution >= 4 is 5.91 Å². The zero-order valence-corrected chi connectivity index (χ0v) is 14.7. The van der Waals surface area contributed by atoms with E-state index in [9.17, 15) is 4.79 Å². The van der Waals surface area contributed by atoms with Gasteiger partial charge in [0.25, 0.3) is 5.91 Å². The Bertz CT molecular complexity index is 671. The molecule has 25 heavy (non-hydrogen) atoms. The first-order chi connectivity index (χ1) is 12.2. The molecule has 3 rings (SSSR count). The standard InChI is InChI=1S/C19H24N2O4/c1-23-15-10-14(11-16(12-15)24-2)19(22)20-13-17(18-6-5-9-25-18)21-7-3-4-8-21/h5-6,9-12,17H,3-4,7-8,13H2,1-2H3,(H,20,22). The summed E-state index contributed by atoms with van der Waals surface area (Å²) in [7, 11) is 3.13. The van der Waals surface area contributed by atoms with Crippen LogP contribution in [0.15, 0.2) is 41.0 Å². The van der Waals surface area contributed by atoms with E-state index in [1.165, 1.54) is 12.8 Å². The number of hydrogen-bond donors (Lipinski definition) is 1. The van der Waals surface area contributed by atoms with Crippen molar-refractivity contribution in [3.8, 4) is 11.5 Å². The lowest BCUT2D eigenvalue weighted by Crippen LogP contribution is -2.36. The molecule has 1 N–H and O–H groups in total. The molecule has 6 heteroatoms. The van der Waals surface area contributed by atoms with Crippen molar-refractivity contribution in [2.75, 3.05) is 33.9 Å². The van der Waals surface area contributed by atoms with Crippen molar-refractivity contribution in [1.29, 1.82) is 0 Å². The molecule has 1 aromatic carbocycles. The van der Waals surface area contributed by atoms with Gasteiger partial charge in [0.15, 0.2) is 0 Å². The maximum atomic E-state index is 12.6. The highest BCUT2D eigenvalue weighted by Crippen LogP contribution is 2.26. The quantitative estimate of drug-likeness (QED) is 0.837. The molecule has 1 atom stereocenters. The minimum Gasteiger partial charge on any atom is -0.497 e. The van der Waals surface area contributed by atoms with Crippen molar-refractivity contribution in [1.82, 2.24) is 10.2 Å². The number of nitrogens with zero attached hydrogens (tertiary/aromatic N) is 1. The highest BCUT2D eigenvalue weighted by Gasteiger charge is 2.26. The van der Waals surface area contributed by atoms with Crippen LogP contribution in [-0.4, -0.2) is 44.7 Å². The molecule has 2 aromatic rings. The van der Waals surface area contributed by atoms with Crippen molar-refractivity contribution in [3.05, 3.63) is 47.9 Å². The molecule has 1 aliphatic heterocycles. The molecule has 1 aromatic heterocycles. The molecule has 0 bridgehead atoms. The molecule has 1 aliphatic rings. The Labute approximate surface area is 147 Å². The minimum absolute atomic E-state index is 0.0500. The van der Waals surface area contributed by atoms with Crippen LogP contribution in [0.3, 0.4) is 0 Å². The lowest BCUT2D eigenvalue weighted by Gasteiger charge is -2.26. The Hall–Kier alpha value is -2.47. The van der Waals surface area contributed by atoms with E-state index in [1.54, 1.807) is 38.7 Å². The van der Waals surface area contributed by atoms with Gasteiger partial charge in [0.2, 0.25) is 0 Å². The van der Waals surface area contributed by atoms with E-state index in [1.807, 2.05) is 12.1 Å². The third kappa shape index (κ3) is 4.14. The van der Waals surface area contributed by atoms with Crippen LogP contribution >= 0.6 is 0 Å². The van der Waals surface area contributed by atoms with E-state index in [-0.39, 0.29) is 11.9 Å². The maximum Gasteiger partial charge on any atom is 0.251 e. The largest absolute Gasteiger partial charge is 0.497 e. The summed E-state index contributed by atoms with van der Waals surface area (Å²) in [5.74, 6) is 1.90. The zero-order valence-electron chi connectivity index (χ0n) is 14.7. The average molecular weight is 344 g/mol. The molecule has 2 heterocycles. The second-order valence-electron chi connectivity index (χ2n) is 6.09. The molecular formula is C19H24N2O4. The van der Waals surface area contributed by atoms with E-state index in [0.717, 1.165) is 18.8 Å². The SMILES string of the molecule is COc1cc(OC)cc(C(=O)NCC(c2ccco2)N2CCCC2)c1. The first-order valence-electron chi connectivity index (χ1n) is 8.50. The third-order valence-electron chi connectivity index (χ3n) is 4.52. The van der Waals surface area contributed by atoms with Gasteiger partial charge in [-0.25, -0.2) is 0 Å². The summed E-state index contributed by atoms with van der Waals surface area (Å²) in [6.07, 6.45) is 4.03. The van der Waals surface area contributed by atoms with E-state index in [0.29, 0.717) is 23.6 Å². The summed E-state index contributed by atoms with van der Waals surface area (Å²) in [5.41, 5.74) is 0.510. The number of methoxy groups -OCH3 is 2. The average Bonchev–Trinajstić information content (AvgIpc) is 3.35. The van der Waals surface area contributed by atoms with Gasteiger partial charge in [0.05, 0.1) is 26.5 Å². The van der Waals surface area contributed by atoms with Crippen LogP contribution in [0.25, 0.3) is 0 Å². The normalized spacial score (nSPS) is 15.8. The molecular weight excluding hydrogens is 320 g/mol. The van der Waals surface area contributed by atoms with Gasteiger partial charge in [0.1, 0.15) is 17.3 Å². The van der Waals surface area contributed by atoms with E-state index in [4.69, 9.17) is 13.9 Å². The lowest BCUT2D eigenvalue weighted by molar-refractivity contribution is 0.0933. The van der Waals surface area contributed by atoms with Crippen molar-refractivity contribution < 1.29 is 18.7 Å². The topological polar surface area (TPSA) is 63.9 Å². The van der Waals surface area contributed by atoms with Crippen LogP contribution in [0.4, 0.5) is 0 Å². The van der Waals surface area contributed by atoms with E-state index >= 15 is 0 Å². The highest BCUT2D eigenvalue weighted by atomic mass is 16.5. The van der Waals surface area contributed by atoms with Crippen LogP contribution in [0.2, 0.25) is 0 Å². The second-order valence-corrected chi connectivity index (χ2v) is 6.09. The number of rotatable bonds is 7. The number of benzene rings is 1. The number of amides is 1. The van der Waals surface area contributed by atoms with Gasteiger partial charge in [0, 0.05) is 18.2 Å². The summed E-state index contributed by atoms with van der Waals surface area (Å²) in [6, 6.07) is 9.04. The Balaban J connectivity index is 1.71. The second kappa shape index (κ2) is 8.07. The smallest absolute Gasteiger partial charge is 0.251 e. The first kappa shape index (κ1) is 17.4. The van der Waals surface area contributed by atoms with Crippen LogP contribution in [0.5, 0.6) is 11.5 Å². The number of ether oxygens (including phenoxy) is 2. The van der Waals surface area contributed by atoms with Gasteiger partial charge in [-0.15, -0.1) is 0 Å². The monoisotopic (exact) mass is 344 g/mol. The molecule has 6 nitrogen and oxygen atoms in total. The number of nitrogens with one attached hydrogen (secondary N) is 1. The maximum absolute atomic E-state index is 12.6. The van der Waals surface area contributed by atoms with E-state index in [2.05, 4.69) is 10.2 Å². The lowest BCUT2D eigenvalue weighted by atomic mass is 10.1. The van der Waals surface area contributed by atoms with Crippen LogP contribution < -0.4 is 14.8 Å². The summed E-state index contributed by atoms with van der Waals surface area (Å²) in [5, 5.41) is 3.02. The Morgan fingerprint density at radius 1 is 1.20 bits per heavy atom. The molecule has 0 spiro atoms. The number of carbonyl (C=O) groups excluding carboxylic acids is 1. The molecule has 134 valence electrons. The van der Waals surface area contributed by atoms with Gasteiger partial charge >= 0.3 is 0 Å². The third-order valence-corrected chi connectivity index (χ3v) is 4.52. The zero-order chi connectivity index (χ0) is 17.6. The van der Waals surface area contributed by atoms with Crippen molar-refractivity contribution in [2.45, 2.75) is 18.9 Å². The highest BCUT2D eigenvalue weighted by molar-refractivity contribution is 5.95. The van der Waals surface area contributed by atoms with Gasteiger partial charge in [-0.05, 0) is 50.2 Å². The van der Waals surface area contributed by atoms with Gasteiger partial charge in [-0.3, -0.25) is 9.69 Å². The fourth-order valence-electron chi connectivity index (χ4n) is 3.17. The van der Waals surface area contributed by atoms with Crippen LogP contribution in [0, 0.1) is 0 Å². The fourth-order valence-corrected chi connectivity index (χ4v) is 3.17. The summed E-state index contributed by atoms with van der Waals surface area (Å²) in [6.45, 7) is 2.54.